The van der Waals surface area contributed by atoms with E-state index < -0.39 is 15.2 Å². The van der Waals surface area contributed by atoms with Crippen LogP contribution in [0.25, 0.3) is 0 Å². The van der Waals surface area contributed by atoms with E-state index >= 15 is 0 Å². The molecule has 106 valence electrons. The van der Waals surface area contributed by atoms with Crippen molar-refractivity contribution in [2.24, 2.45) is 5.92 Å². The summed E-state index contributed by atoms with van der Waals surface area (Å²) >= 11 is 0. The Bertz CT molecular complexity index is 431. The summed E-state index contributed by atoms with van der Waals surface area (Å²) in [5.41, 5.74) is 1.52. The van der Waals surface area contributed by atoms with Crippen molar-refractivity contribution in [3.63, 3.8) is 0 Å². The third-order valence-electron chi connectivity index (χ3n) is 5.27. The van der Waals surface area contributed by atoms with Gasteiger partial charge in [0, 0.05) is 15.2 Å². The van der Waals surface area contributed by atoms with E-state index in [-0.39, 0.29) is 0 Å². The number of hydrogen-bond donors (Lipinski definition) is 0. The Morgan fingerprint density at radius 1 is 1.05 bits per heavy atom. The smallest absolute Gasteiger partial charge is 0.118 e. The topological polar surface area (TPSA) is 9.23 Å². The molecule has 0 unspecified atom stereocenters. The van der Waals surface area contributed by atoms with E-state index in [1.54, 1.807) is 7.11 Å². The molecule has 1 aliphatic carbocycles. The fraction of sp³-hybridized carbons (Fsp3) is 0.625. The first-order valence-corrected chi connectivity index (χ1v) is 15.1. The van der Waals surface area contributed by atoms with E-state index in [1.165, 1.54) is 18.0 Å². The third-order valence-corrected chi connectivity index (χ3v) is 23.7. The van der Waals surface area contributed by atoms with Crippen molar-refractivity contribution in [1.29, 1.82) is 0 Å². The van der Waals surface area contributed by atoms with Gasteiger partial charge in [0.25, 0.3) is 0 Å². The maximum atomic E-state index is 5.23. The molecule has 0 spiro atoms. The Kier molecular flexibility index (Phi) is 3.98. The minimum absolute atomic E-state index is 0.828. The highest BCUT2D eigenvalue weighted by Crippen LogP contribution is 2.52. The predicted molar refractivity (Wildman–Crippen MR) is 89.5 cm³/mol. The molecule has 1 aromatic rings. The summed E-state index contributed by atoms with van der Waals surface area (Å²) in [5.74, 6) is 2.76. The van der Waals surface area contributed by atoms with Crippen LogP contribution in [-0.2, 0) is 0 Å². The molecule has 0 saturated heterocycles. The van der Waals surface area contributed by atoms with E-state index in [0.29, 0.717) is 0 Å². The Morgan fingerprint density at radius 2 is 1.63 bits per heavy atom. The minimum Gasteiger partial charge on any atom is -0.497 e. The van der Waals surface area contributed by atoms with Gasteiger partial charge >= 0.3 is 0 Å². The third kappa shape index (κ3) is 3.32. The van der Waals surface area contributed by atoms with Crippen LogP contribution in [0.4, 0.5) is 0 Å². The zero-order valence-electron chi connectivity index (χ0n) is 13.3. The molecule has 0 heterocycles. The fourth-order valence-corrected chi connectivity index (χ4v) is 7.69. The molecule has 1 aromatic carbocycles. The van der Waals surface area contributed by atoms with Gasteiger partial charge in [0.1, 0.15) is 5.75 Å². The van der Waals surface area contributed by atoms with E-state index in [1.807, 2.05) is 0 Å². The number of benzene rings is 1. The Morgan fingerprint density at radius 3 is 2.11 bits per heavy atom. The minimum atomic E-state index is -0.984. The van der Waals surface area contributed by atoms with Gasteiger partial charge in [-0.1, -0.05) is 50.9 Å². The zero-order chi connectivity index (χ0) is 14.3. The van der Waals surface area contributed by atoms with Crippen molar-refractivity contribution in [3.8, 4) is 5.75 Å². The summed E-state index contributed by atoms with van der Waals surface area (Å²) in [6.45, 7) is 12.9. The van der Waals surface area contributed by atoms with Crippen LogP contribution < -0.4 is 4.74 Å². The molecule has 3 heteroatoms. The molecule has 0 aliphatic heterocycles. The maximum absolute atomic E-state index is 5.23. The van der Waals surface area contributed by atoms with Gasteiger partial charge in [-0.3, -0.25) is 0 Å². The quantitative estimate of drug-likeness (QED) is 0.700. The summed E-state index contributed by atoms with van der Waals surface area (Å²) < 4.78 is 5.23. The average molecular weight is 293 g/mol. The lowest BCUT2D eigenvalue weighted by Crippen LogP contribution is -2.52. The van der Waals surface area contributed by atoms with Gasteiger partial charge in [0.2, 0.25) is 0 Å². The van der Waals surface area contributed by atoms with Gasteiger partial charge < -0.3 is 4.74 Å². The molecule has 0 radical (unpaired) electrons. The first-order valence-electron chi connectivity index (χ1n) is 7.38. The normalized spacial score (nSPS) is 23.3. The lowest BCUT2D eigenvalue weighted by atomic mass is 10.1. The Labute approximate surface area is 120 Å². The van der Waals surface area contributed by atoms with Gasteiger partial charge in [-0.05, 0) is 36.0 Å². The molecule has 0 N–H and O–H groups in total. The van der Waals surface area contributed by atoms with Gasteiger partial charge in [-0.25, -0.2) is 0 Å². The Balaban J connectivity index is 1.97. The van der Waals surface area contributed by atoms with Crippen LogP contribution in [-0.4, -0.2) is 22.3 Å². The fourth-order valence-electron chi connectivity index (χ4n) is 2.69. The largest absolute Gasteiger partial charge is 0.497 e. The van der Waals surface area contributed by atoms with Gasteiger partial charge in [-0.15, -0.1) is 0 Å². The highest BCUT2D eigenvalue weighted by atomic mass is 29.3. The van der Waals surface area contributed by atoms with Crippen molar-refractivity contribution in [3.05, 3.63) is 29.8 Å². The number of methoxy groups -OCH3 is 1. The molecule has 1 fully saturated rings. The molecule has 1 nitrogen and oxygen atoms in total. The monoisotopic (exact) mass is 292 g/mol. The number of hydrogen-bond acceptors (Lipinski definition) is 1. The SMILES string of the molecule is COc1ccc([C@@H]2C[C@H]2C[Si](C)(C)[Si](C)(C)C)cc1. The second kappa shape index (κ2) is 5.09. The first kappa shape index (κ1) is 14.9. The van der Waals surface area contributed by atoms with Crippen LogP contribution in [0, 0.1) is 5.92 Å². The van der Waals surface area contributed by atoms with Gasteiger partial charge in [-0.2, -0.15) is 0 Å². The zero-order valence-corrected chi connectivity index (χ0v) is 15.3. The first-order chi connectivity index (χ1) is 8.74. The molecular weight excluding hydrogens is 264 g/mol. The average Bonchev–Trinajstić information content (AvgIpc) is 3.06. The molecule has 0 aromatic heterocycles. The number of ether oxygens (including phenoxy) is 1. The molecule has 1 aliphatic rings. The second-order valence-corrected chi connectivity index (χ2v) is 25.0. The van der Waals surface area contributed by atoms with Crippen LogP contribution >= 0.6 is 0 Å². The maximum Gasteiger partial charge on any atom is 0.118 e. The van der Waals surface area contributed by atoms with Crippen LogP contribution in [0.3, 0.4) is 0 Å². The highest BCUT2D eigenvalue weighted by molar-refractivity contribution is 7.40. The van der Waals surface area contributed by atoms with Crippen molar-refractivity contribution in [1.82, 2.24) is 0 Å². The van der Waals surface area contributed by atoms with Crippen LogP contribution in [0.15, 0.2) is 24.3 Å². The molecule has 0 bridgehead atoms. The van der Waals surface area contributed by atoms with Crippen LogP contribution in [0.5, 0.6) is 5.75 Å². The predicted octanol–water partition coefficient (Wildman–Crippen LogP) is 4.92. The van der Waals surface area contributed by atoms with Crippen molar-refractivity contribution < 1.29 is 4.74 Å². The molecular formula is C16H28OSi2. The molecule has 2 atom stereocenters. The summed E-state index contributed by atoms with van der Waals surface area (Å²) in [6.07, 6.45) is 1.41. The summed E-state index contributed by atoms with van der Waals surface area (Å²) in [4.78, 5) is 0. The van der Waals surface area contributed by atoms with Crippen LogP contribution in [0.1, 0.15) is 17.9 Å². The summed E-state index contributed by atoms with van der Waals surface area (Å²) in [7, 11) is -0.185. The molecule has 1 saturated carbocycles. The summed E-state index contributed by atoms with van der Waals surface area (Å²) in [5, 5.41) is 0. The standard InChI is InChI=1S/C16H28OSi2/c1-17-15-9-7-13(8-10-15)16-11-14(16)12-19(5,6)18(2,3)4/h7-10,14,16H,11-12H2,1-6H3/t14-,16-/m0/s1. The van der Waals surface area contributed by atoms with Crippen molar-refractivity contribution in [2.45, 2.75) is 51.1 Å². The second-order valence-electron chi connectivity index (χ2n) is 7.71. The lowest BCUT2D eigenvalue weighted by Gasteiger charge is -2.35. The lowest BCUT2D eigenvalue weighted by molar-refractivity contribution is 0.414. The molecule has 0 amide bonds. The van der Waals surface area contributed by atoms with E-state index in [9.17, 15) is 0 Å². The number of rotatable bonds is 5. The highest BCUT2D eigenvalue weighted by Gasteiger charge is 2.46. The van der Waals surface area contributed by atoms with E-state index in [2.05, 4.69) is 57.0 Å². The van der Waals surface area contributed by atoms with Gasteiger partial charge in [0.15, 0.2) is 0 Å². The van der Waals surface area contributed by atoms with Crippen molar-refractivity contribution >= 4 is 15.2 Å². The van der Waals surface area contributed by atoms with Crippen LogP contribution in [0.2, 0.25) is 38.8 Å². The van der Waals surface area contributed by atoms with Gasteiger partial charge in [0.05, 0.1) is 7.11 Å². The van der Waals surface area contributed by atoms with E-state index in [4.69, 9.17) is 4.74 Å². The van der Waals surface area contributed by atoms with E-state index in [0.717, 1.165) is 17.6 Å². The van der Waals surface area contributed by atoms with Crippen molar-refractivity contribution in [2.75, 3.05) is 7.11 Å². The Hall–Kier alpha value is -0.546. The molecule has 2 rings (SSSR count). The molecule has 19 heavy (non-hydrogen) atoms. The summed E-state index contributed by atoms with van der Waals surface area (Å²) in [6, 6.07) is 10.2.